The van der Waals surface area contributed by atoms with Crippen molar-refractivity contribution in [3.05, 3.63) is 193 Å². The molecule has 1 atom stereocenters. The predicted molar refractivity (Wildman–Crippen MR) is 211 cm³/mol. The smallest absolute Gasteiger partial charge is 0.164 e. The molecule has 4 heteroatoms. The van der Waals surface area contributed by atoms with Crippen LogP contribution in [0.25, 0.3) is 66.1 Å². The molecule has 1 aliphatic carbocycles. The lowest BCUT2D eigenvalue weighted by atomic mass is 9.91. The van der Waals surface area contributed by atoms with Crippen molar-refractivity contribution < 1.29 is 0 Å². The van der Waals surface area contributed by atoms with Gasteiger partial charge < -0.3 is 0 Å². The molecule has 2 heterocycles. The minimum absolute atomic E-state index is 0.0335. The molecule has 6 aromatic carbocycles. The Bertz CT molecular complexity index is 2720. The molecule has 0 aliphatic heterocycles. The molecule has 0 N–H and O–H groups in total. The van der Waals surface area contributed by atoms with Crippen molar-refractivity contribution in [3.63, 3.8) is 0 Å². The minimum Gasteiger partial charge on any atom is -0.256 e. The summed E-state index contributed by atoms with van der Waals surface area (Å²) in [6.45, 7) is 6.77. The van der Waals surface area contributed by atoms with E-state index in [4.69, 9.17) is 19.9 Å². The molecule has 242 valence electrons. The maximum atomic E-state index is 5.24. The monoisotopic (exact) mass is 654 g/mol. The van der Waals surface area contributed by atoms with Crippen LogP contribution in [0.4, 0.5) is 0 Å². The number of pyridine rings is 1. The summed E-state index contributed by atoms with van der Waals surface area (Å²) in [5.74, 6) is 1.92. The van der Waals surface area contributed by atoms with E-state index < -0.39 is 0 Å². The molecule has 4 nitrogen and oxygen atoms in total. The quantitative estimate of drug-likeness (QED) is 0.167. The van der Waals surface area contributed by atoms with Gasteiger partial charge in [-0.3, -0.25) is 4.98 Å². The zero-order chi connectivity index (χ0) is 34.3. The normalized spacial score (nSPS) is 14.2. The molecule has 1 unspecified atom stereocenters. The fourth-order valence-corrected chi connectivity index (χ4v) is 7.28. The highest BCUT2D eigenvalue weighted by Gasteiger charge is 2.22. The van der Waals surface area contributed by atoms with E-state index in [-0.39, 0.29) is 5.92 Å². The van der Waals surface area contributed by atoms with Gasteiger partial charge in [-0.1, -0.05) is 140 Å². The number of hydrogen-bond donors (Lipinski definition) is 0. The van der Waals surface area contributed by atoms with Crippen LogP contribution in [0.2, 0.25) is 0 Å². The molecule has 8 aromatic rings. The number of rotatable bonds is 6. The van der Waals surface area contributed by atoms with Crippen molar-refractivity contribution in [1.29, 1.82) is 0 Å². The molecule has 2 aromatic heterocycles. The first-order valence-corrected chi connectivity index (χ1v) is 17.4. The fraction of sp³-hybridized carbons (Fsp3) is 0.0638. The van der Waals surface area contributed by atoms with E-state index >= 15 is 0 Å². The molecular formula is C47H34N4. The largest absolute Gasteiger partial charge is 0.256 e. The summed E-state index contributed by atoms with van der Waals surface area (Å²) in [7, 11) is 0. The lowest BCUT2D eigenvalue weighted by Crippen LogP contribution is -2.10. The van der Waals surface area contributed by atoms with Crippen molar-refractivity contribution in [2.24, 2.45) is 0 Å². The van der Waals surface area contributed by atoms with Gasteiger partial charge in [-0.25, -0.2) is 15.0 Å². The summed E-state index contributed by atoms with van der Waals surface area (Å²) >= 11 is 0. The Balaban J connectivity index is 1.18. The number of allylic oxidation sites excluding steroid dienone is 4. The molecule has 0 saturated heterocycles. The Morgan fingerprint density at radius 3 is 2.18 bits per heavy atom. The minimum atomic E-state index is -0.0335. The second-order valence-electron chi connectivity index (χ2n) is 13.1. The SMILES string of the molecule is C=C(c1nc(-c2cc3ccccc3c3ccccc23)nc(C2C=CC(c3cnc4ccccc4c3)=CC2)n1)c1ccccc1-c1ccccc1C. The first-order valence-electron chi connectivity index (χ1n) is 17.4. The van der Waals surface area contributed by atoms with Gasteiger partial charge in [0.05, 0.1) is 5.52 Å². The molecule has 0 fully saturated rings. The number of benzene rings is 6. The fourth-order valence-electron chi connectivity index (χ4n) is 7.28. The third-order valence-corrected chi connectivity index (χ3v) is 9.97. The summed E-state index contributed by atoms with van der Waals surface area (Å²) in [5, 5.41) is 5.76. The lowest BCUT2D eigenvalue weighted by molar-refractivity contribution is 0.759. The van der Waals surface area contributed by atoms with Crippen LogP contribution < -0.4 is 0 Å². The number of fused-ring (bicyclic) bond motifs is 4. The van der Waals surface area contributed by atoms with Crippen LogP contribution >= 0.6 is 0 Å². The maximum absolute atomic E-state index is 5.24. The molecule has 0 spiro atoms. The average molecular weight is 655 g/mol. The van der Waals surface area contributed by atoms with Gasteiger partial charge in [0.2, 0.25) is 0 Å². The number of aryl methyl sites for hydroxylation is 1. The highest BCUT2D eigenvalue weighted by atomic mass is 15.0. The highest BCUT2D eigenvalue weighted by molar-refractivity contribution is 6.13. The van der Waals surface area contributed by atoms with Gasteiger partial charge in [0.15, 0.2) is 11.6 Å². The van der Waals surface area contributed by atoms with Gasteiger partial charge in [0, 0.05) is 34.2 Å². The zero-order valence-corrected chi connectivity index (χ0v) is 28.3. The first-order chi connectivity index (χ1) is 25.1. The molecule has 0 radical (unpaired) electrons. The van der Waals surface area contributed by atoms with Crippen LogP contribution in [-0.4, -0.2) is 19.9 Å². The Labute approximate surface area is 297 Å². The van der Waals surface area contributed by atoms with Crippen molar-refractivity contribution in [3.8, 4) is 22.5 Å². The Kier molecular flexibility index (Phi) is 7.63. The van der Waals surface area contributed by atoms with E-state index in [1.54, 1.807) is 0 Å². The molecule has 9 rings (SSSR count). The summed E-state index contributed by atoms with van der Waals surface area (Å²) in [5.41, 5.74) is 9.47. The third-order valence-electron chi connectivity index (χ3n) is 9.97. The molecule has 1 aliphatic rings. The number of hydrogen-bond acceptors (Lipinski definition) is 4. The van der Waals surface area contributed by atoms with Crippen LogP contribution in [0.15, 0.2) is 164 Å². The van der Waals surface area contributed by atoms with Gasteiger partial charge in [0.25, 0.3) is 0 Å². The summed E-state index contributed by atoms with van der Waals surface area (Å²) in [4.78, 5) is 20.3. The number of aromatic nitrogens is 4. The Morgan fingerprint density at radius 2 is 1.35 bits per heavy atom. The second-order valence-corrected chi connectivity index (χ2v) is 13.1. The molecule has 0 amide bonds. The Hall–Kier alpha value is -6.52. The van der Waals surface area contributed by atoms with Crippen LogP contribution in [0.5, 0.6) is 0 Å². The highest BCUT2D eigenvalue weighted by Crippen LogP contribution is 2.38. The third kappa shape index (κ3) is 5.61. The first kappa shape index (κ1) is 30.5. The van der Waals surface area contributed by atoms with Crippen LogP contribution in [-0.2, 0) is 0 Å². The molecule has 0 bridgehead atoms. The van der Waals surface area contributed by atoms with E-state index in [2.05, 4.69) is 153 Å². The van der Waals surface area contributed by atoms with Crippen LogP contribution in [0.3, 0.4) is 0 Å². The standard InChI is InChI=1S/C47H34N4/c1-30-13-3-6-16-37(30)40-19-9-8-17-38(40)31(2)45-49-46(33-25-23-32(24-26-33)36-27-35-15-5-12-22-44(35)48-29-36)51-47(50-45)43-28-34-14-4-7-18-39(34)41-20-10-11-21-42(41)43/h3-25,27-29,33H,2,26H2,1H3. The second kappa shape index (κ2) is 12.7. The topological polar surface area (TPSA) is 51.6 Å². The van der Waals surface area contributed by atoms with Gasteiger partial charge in [-0.05, 0) is 80.9 Å². The van der Waals surface area contributed by atoms with E-state index in [0.717, 1.165) is 67.3 Å². The van der Waals surface area contributed by atoms with Crippen molar-refractivity contribution in [1.82, 2.24) is 19.9 Å². The summed E-state index contributed by atoms with van der Waals surface area (Å²) in [6.07, 6.45) is 9.38. The van der Waals surface area contributed by atoms with E-state index in [1.165, 1.54) is 21.9 Å². The average Bonchev–Trinajstić information content (AvgIpc) is 3.20. The van der Waals surface area contributed by atoms with Gasteiger partial charge >= 0.3 is 0 Å². The van der Waals surface area contributed by atoms with Crippen molar-refractivity contribution in [2.75, 3.05) is 0 Å². The van der Waals surface area contributed by atoms with Gasteiger partial charge in [0.1, 0.15) is 5.82 Å². The van der Waals surface area contributed by atoms with Crippen molar-refractivity contribution in [2.45, 2.75) is 19.3 Å². The van der Waals surface area contributed by atoms with Crippen molar-refractivity contribution >= 4 is 43.6 Å². The molecule has 51 heavy (non-hydrogen) atoms. The van der Waals surface area contributed by atoms with Crippen LogP contribution in [0.1, 0.15) is 40.7 Å². The van der Waals surface area contributed by atoms with Crippen LogP contribution in [0, 0.1) is 6.92 Å². The van der Waals surface area contributed by atoms with Gasteiger partial charge in [-0.15, -0.1) is 0 Å². The molecule has 0 saturated carbocycles. The van der Waals surface area contributed by atoms with Gasteiger partial charge in [-0.2, -0.15) is 0 Å². The predicted octanol–water partition coefficient (Wildman–Crippen LogP) is 11.6. The summed E-state index contributed by atoms with van der Waals surface area (Å²) in [6, 6.07) is 46.5. The molecular weight excluding hydrogens is 621 g/mol. The van der Waals surface area contributed by atoms with E-state index in [0.29, 0.717) is 11.6 Å². The summed E-state index contributed by atoms with van der Waals surface area (Å²) < 4.78 is 0. The number of nitrogens with zero attached hydrogens (tertiary/aromatic N) is 4. The van der Waals surface area contributed by atoms with E-state index in [1.807, 2.05) is 18.3 Å². The van der Waals surface area contributed by atoms with E-state index in [9.17, 15) is 0 Å². The number of para-hydroxylation sites is 1. The Morgan fingerprint density at radius 1 is 0.647 bits per heavy atom. The lowest BCUT2D eigenvalue weighted by Gasteiger charge is -2.19. The zero-order valence-electron chi connectivity index (χ0n) is 28.3. The maximum Gasteiger partial charge on any atom is 0.164 e.